The molecule has 2 aromatic rings. The van der Waals surface area contributed by atoms with Gasteiger partial charge in [-0.15, -0.1) is 23.5 Å². The van der Waals surface area contributed by atoms with Gasteiger partial charge in [0.15, 0.2) is 0 Å². The first-order chi connectivity index (χ1) is 10.2. The van der Waals surface area contributed by atoms with Crippen LogP contribution in [0.5, 0.6) is 0 Å². The highest BCUT2D eigenvalue weighted by molar-refractivity contribution is 8.00. The molecule has 0 bridgehead atoms. The Morgan fingerprint density at radius 2 is 1.90 bits per heavy atom. The van der Waals surface area contributed by atoms with Crippen LogP contribution in [0.4, 0.5) is 5.69 Å². The van der Waals surface area contributed by atoms with Gasteiger partial charge in [0.25, 0.3) is 0 Å². The third-order valence-electron chi connectivity index (χ3n) is 3.09. The number of thioether (sulfide) groups is 2. The Kier molecular flexibility index (Phi) is 6.21. The molecule has 0 spiro atoms. The molecule has 2 aromatic carbocycles. The molecule has 0 aliphatic heterocycles. The van der Waals surface area contributed by atoms with E-state index in [0.717, 1.165) is 10.6 Å². The fourth-order valence-electron chi connectivity index (χ4n) is 1.92. The number of carbonyl (C=O) groups excluding carboxylic acids is 1. The number of amides is 1. The van der Waals surface area contributed by atoms with Crippen molar-refractivity contribution in [2.24, 2.45) is 0 Å². The largest absolute Gasteiger partial charge is 0.325 e. The standard InChI is InChI=1S/C17H19NOS2/c1-13(14-7-4-3-5-8-14)21-12-17(19)18-15-9-6-10-16(11-15)20-2/h3-11,13H,12H2,1-2H3,(H,18,19)/t13-/m1/s1. The Hall–Kier alpha value is -1.39. The van der Waals surface area contributed by atoms with Crippen molar-refractivity contribution < 1.29 is 4.79 Å². The number of anilines is 1. The summed E-state index contributed by atoms with van der Waals surface area (Å²) < 4.78 is 0. The highest BCUT2D eigenvalue weighted by atomic mass is 32.2. The Labute approximate surface area is 134 Å². The first kappa shape index (κ1) is 16.0. The van der Waals surface area contributed by atoms with E-state index in [1.165, 1.54) is 5.56 Å². The van der Waals surface area contributed by atoms with Gasteiger partial charge in [-0.05, 0) is 36.9 Å². The summed E-state index contributed by atoms with van der Waals surface area (Å²) >= 11 is 3.32. The molecule has 110 valence electrons. The Balaban J connectivity index is 1.84. The van der Waals surface area contributed by atoms with Gasteiger partial charge in [-0.25, -0.2) is 0 Å². The summed E-state index contributed by atoms with van der Waals surface area (Å²) in [4.78, 5) is 13.2. The molecule has 0 aliphatic carbocycles. The highest BCUT2D eigenvalue weighted by Gasteiger charge is 2.09. The molecule has 1 atom stereocenters. The molecule has 0 aromatic heterocycles. The van der Waals surface area contributed by atoms with Crippen LogP contribution in [-0.2, 0) is 4.79 Å². The van der Waals surface area contributed by atoms with Crippen LogP contribution in [0.1, 0.15) is 17.7 Å². The highest BCUT2D eigenvalue weighted by Crippen LogP contribution is 2.28. The van der Waals surface area contributed by atoms with E-state index >= 15 is 0 Å². The van der Waals surface area contributed by atoms with E-state index in [-0.39, 0.29) is 5.91 Å². The molecule has 0 saturated carbocycles. The number of hydrogen-bond acceptors (Lipinski definition) is 3. The summed E-state index contributed by atoms with van der Waals surface area (Å²) in [7, 11) is 0. The van der Waals surface area contributed by atoms with E-state index in [4.69, 9.17) is 0 Å². The zero-order valence-electron chi connectivity index (χ0n) is 12.2. The number of rotatable bonds is 6. The van der Waals surface area contributed by atoms with Gasteiger partial charge in [0, 0.05) is 15.8 Å². The zero-order valence-corrected chi connectivity index (χ0v) is 13.8. The molecule has 21 heavy (non-hydrogen) atoms. The van der Waals surface area contributed by atoms with Crippen LogP contribution >= 0.6 is 23.5 Å². The van der Waals surface area contributed by atoms with Crippen molar-refractivity contribution in [3.63, 3.8) is 0 Å². The van der Waals surface area contributed by atoms with Crippen LogP contribution in [0.3, 0.4) is 0 Å². The predicted molar refractivity (Wildman–Crippen MR) is 94.2 cm³/mol. The van der Waals surface area contributed by atoms with Crippen molar-refractivity contribution in [3.05, 3.63) is 60.2 Å². The Morgan fingerprint density at radius 3 is 2.62 bits per heavy atom. The summed E-state index contributed by atoms with van der Waals surface area (Å²) in [5.74, 6) is 0.501. The maximum atomic E-state index is 12.0. The maximum absolute atomic E-state index is 12.0. The second-order valence-electron chi connectivity index (χ2n) is 4.64. The second kappa shape index (κ2) is 8.15. The number of carbonyl (C=O) groups is 1. The summed E-state index contributed by atoms with van der Waals surface area (Å²) in [5, 5.41) is 3.26. The quantitative estimate of drug-likeness (QED) is 0.773. The number of nitrogens with one attached hydrogen (secondary N) is 1. The molecule has 0 heterocycles. The van der Waals surface area contributed by atoms with Crippen LogP contribution in [0, 0.1) is 0 Å². The Bertz CT molecular complexity index is 586. The monoisotopic (exact) mass is 317 g/mol. The predicted octanol–water partition coefficient (Wildman–Crippen LogP) is 4.84. The van der Waals surface area contributed by atoms with Crippen molar-refractivity contribution in [1.82, 2.24) is 0 Å². The van der Waals surface area contributed by atoms with E-state index in [1.54, 1.807) is 23.5 Å². The minimum absolute atomic E-state index is 0.0426. The smallest absolute Gasteiger partial charge is 0.234 e. The van der Waals surface area contributed by atoms with Gasteiger partial charge in [0.2, 0.25) is 5.91 Å². The normalized spacial score (nSPS) is 11.9. The van der Waals surface area contributed by atoms with Crippen molar-refractivity contribution in [3.8, 4) is 0 Å². The van der Waals surface area contributed by atoms with Crippen LogP contribution in [-0.4, -0.2) is 17.9 Å². The van der Waals surface area contributed by atoms with Crippen LogP contribution < -0.4 is 5.32 Å². The lowest BCUT2D eigenvalue weighted by atomic mass is 10.2. The molecule has 0 aliphatic rings. The molecule has 2 rings (SSSR count). The molecular weight excluding hydrogens is 298 g/mol. The van der Waals surface area contributed by atoms with Gasteiger partial charge < -0.3 is 5.32 Å². The molecule has 4 heteroatoms. The van der Waals surface area contributed by atoms with Crippen molar-refractivity contribution in [2.75, 3.05) is 17.3 Å². The first-order valence-corrected chi connectivity index (χ1v) is 9.07. The Morgan fingerprint density at radius 1 is 1.14 bits per heavy atom. The fourth-order valence-corrected chi connectivity index (χ4v) is 3.20. The summed E-state index contributed by atoms with van der Waals surface area (Å²) in [6.07, 6.45) is 2.03. The topological polar surface area (TPSA) is 29.1 Å². The van der Waals surface area contributed by atoms with Gasteiger partial charge >= 0.3 is 0 Å². The molecule has 0 unspecified atom stereocenters. The lowest BCUT2D eigenvalue weighted by Crippen LogP contribution is -2.14. The molecular formula is C17H19NOS2. The fraction of sp³-hybridized carbons (Fsp3) is 0.235. The van der Waals surface area contributed by atoms with Gasteiger partial charge in [-0.3, -0.25) is 4.79 Å². The molecule has 0 fully saturated rings. The van der Waals surface area contributed by atoms with Crippen LogP contribution in [0.15, 0.2) is 59.5 Å². The van der Waals surface area contributed by atoms with Crippen LogP contribution in [0.2, 0.25) is 0 Å². The average molecular weight is 317 g/mol. The molecule has 2 nitrogen and oxygen atoms in total. The number of hydrogen-bond donors (Lipinski definition) is 1. The summed E-state index contributed by atoms with van der Waals surface area (Å²) in [6.45, 7) is 2.13. The van der Waals surface area contributed by atoms with Crippen molar-refractivity contribution in [2.45, 2.75) is 17.1 Å². The van der Waals surface area contributed by atoms with Gasteiger partial charge in [0.05, 0.1) is 5.75 Å². The van der Waals surface area contributed by atoms with Crippen LogP contribution in [0.25, 0.3) is 0 Å². The summed E-state index contributed by atoms with van der Waals surface area (Å²) in [6, 6.07) is 18.2. The minimum atomic E-state index is 0.0426. The van der Waals surface area contributed by atoms with Crippen molar-refractivity contribution in [1.29, 1.82) is 0 Å². The molecule has 0 saturated heterocycles. The lowest BCUT2D eigenvalue weighted by molar-refractivity contribution is -0.113. The second-order valence-corrected chi connectivity index (χ2v) is 6.85. The first-order valence-electron chi connectivity index (χ1n) is 6.79. The number of benzene rings is 2. The minimum Gasteiger partial charge on any atom is -0.325 e. The molecule has 1 amide bonds. The van der Waals surface area contributed by atoms with Gasteiger partial charge in [0.1, 0.15) is 0 Å². The maximum Gasteiger partial charge on any atom is 0.234 e. The third kappa shape index (κ3) is 5.14. The van der Waals surface area contributed by atoms with E-state index < -0.39 is 0 Å². The zero-order chi connectivity index (χ0) is 15.1. The van der Waals surface area contributed by atoms with E-state index in [9.17, 15) is 4.79 Å². The SMILES string of the molecule is CSc1cccc(NC(=O)CS[C@H](C)c2ccccc2)c1. The average Bonchev–Trinajstić information content (AvgIpc) is 2.53. The van der Waals surface area contributed by atoms with E-state index in [2.05, 4.69) is 24.4 Å². The third-order valence-corrected chi connectivity index (χ3v) is 5.01. The van der Waals surface area contributed by atoms with E-state index in [0.29, 0.717) is 11.0 Å². The lowest BCUT2D eigenvalue weighted by Gasteiger charge is -2.12. The van der Waals surface area contributed by atoms with E-state index in [1.807, 2.05) is 48.7 Å². The van der Waals surface area contributed by atoms with Gasteiger partial charge in [-0.1, -0.05) is 36.4 Å². The van der Waals surface area contributed by atoms with Gasteiger partial charge in [-0.2, -0.15) is 0 Å². The molecule has 0 radical (unpaired) electrons. The molecule has 1 N–H and O–H groups in total. The van der Waals surface area contributed by atoms with Crippen molar-refractivity contribution >= 4 is 35.1 Å². The summed E-state index contributed by atoms with van der Waals surface area (Å²) in [5.41, 5.74) is 2.11.